The van der Waals surface area contributed by atoms with Crippen molar-refractivity contribution in [1.82, 2.24) is 4.90 Å². The van der Waals surface area contributed by atoms with Crippen LogP contribution in [0.3, 0.4) is 0 Å². The van der Waals surface area contributed by atoms with E-state index >= 15 is 0 Å². The van der Waals surface area contributed by atoms with E-state index in [2.05, 4.69) is 0 Å². The maximum atomic E-state index is 12.0. The maximum absolute atomic E-state index is 12.0. The number of hydrogen-bond acceptors (Lipinski definition) is 4. The van der Waals surface area contributed by atoms with Crippen molar-refractivity contribution >= 4 is 23.5 Å². The van der Waals surface area contributed by atoms with Gasteiger partial charge in [-0.2, -0.15) is 0 Å². The number of hydrogen-bond donors (Lipinski definition) is 2. The van der Waals surface area contributed by atoms with Crippen LogP contribution in [-0.2, 0) is 9.59 Å². The molecule has 0 saturated carbocycles. The summed E-state index contributed by atoms with van der Waals surface area (Å²) in [6.07, 6.45) is -0.701. The number of carboxylic acid groups (broad SMARTS) is 1. The Morgan fingerprint density at radius 2 is 2.10 bits per heavy atom. The number of benzene rings is 1. The zero-order valence-electron chi connectivity index (χ0n) is 11.2. The second-order valence-corrected chi connectivity index (χ2v) is 5.23. The van der Waals surface area contributed by atoms with E-state index in [1.54, 1.807) is 24.3 Å². The second-order valence-electron chi connectivity index (χ2n) is 4.82. The van der Waals surface area contributed by atoms with E-state index in [9.17, 15) is 14.7 Å². The lowest BCUT2D eigenvalue weighted by Gasteiger charge is -2.21. The third kappa shape index (κ3) is 3.86. The molecule has 0 aromatic heterocycles. The summed E-state index contributed by atoms with van der Waals surface area (Å²) in [6.45, 7) is 0.142. The van der Waals surface area contributed by atoms with Crippen LogP contribution in [0, 0.1) is 0 Å². The van der Waals surface area contributed by atoms with Gasteiger partial charge in [0.25, 0.3) is 0 Å². The Labute approximate surface area is 126 Å². The number of para-hydroxylation sites is 1. The van der Waals surface area contributed by atoms with E-state index in [4.69, 9.17) is 21.4 Å². The van der Waals surface area contributed by atoms with Crippen molar-refractivity contribution in [3.05, 3.63) is 29.3 Å². The fourth-order valence-electron chi connectivity index (χ4n) is 2.28. The molecule has 1 saturated heterocycles. The van der Waals surface area contributed by atoms with Gasteiger partial charge in [0.2, 0.25) is 5.91 Å². The summed E-state index contributed by atoms with van der Waals surface area (Å²) in [5.41, 5.74) is 0. The van der Waals surface area contributed by atoms with E-state index in [0.717, 1.165) is 0 Å². The first-order valence-electron chi connectivity index (χ1n) is 6.56. The highest BCUT2D eigenvalue weighted by atomic mass is 35.5. The molecule has 114 valence electrons. The summed E-state index contributed by atoms with van der Waals surface area (Å²) in [7, 11) is 0. The van der Waals surface area contributed by atoms with Gasteiger partial charge in [0, 0.05) is 13.0 Å². The molecule has 1 fully saturated rings. The highest BCUT2D eigenvalue weighted by molar-refractivity contribution is 6.32. The van der Waals surface area contributed by atoms with E-state index in [1.807, 2.05) is 0 Å². The minimum absolute atomic E-state index is 0.0295. The van der Waals surface area contributed by atoms with Crippen molar-refractivity contribution in [2.24, 2.45) is 0 Å². The number of likely N-dealkylation sites (tertiary alicyclic amines) is 1. The first kappa shape index (κ1) is 15.6. The van der Waals surface area contributed by atoms with Gasteiger partial charge < -0.3 is 19.8 Å². The fourth-order valence-corrected chi connectivity index (χ4v) is 2.47. The number of aliphatic hydroxyl groups excluding tert-OH is 1. The minimum atomic E-state index is -1.10. The molecule has 0 aliphatic carbocycles. The summed E-state index contributed by atoms with van der Waals surface area (Å²) in [4.78, 5) is 24.3. The molecule has 0 unspecified atom stereocenters. The molecule has 7 heteroatoms. The molecule has 1 aliphatic rings. The van der Waals surface area contributed by atoms with Crippen LogP contribution in [0.25, 0.3) is 0 Å². The fraction of sp³-hybridized carbons (Fsp3) is 0.429. The molecule has 0 bridgehead atoms. The van der Waals surface area contributed by atoms with E-state index in [0.29, 0.717) is 10.8 Å². The number of nitrogens with zero attached hydrogens (tertiary/aromatic N) is 1. The number of halogens is 1. The predicted octanol–water partition coefficient (Wildman–Crippen LogP) is 1.16. The number of aliphatic carboxylic acids is 1. The lowest BCUT2D eigenvalue weighted by molar-refractivity contribution is -0.148. The lowest BCUT2D eigenvalue weighted by Crippen LogP contribution is -2.41. The molecule has 21 heavy (non-hydrogen) atoms. The largest absolute Gasteiger partial charge is 0.491 e. The number of carbonyl (C=O) groups excluding carboxylic acids is 1. The van der Waals surface area contributed by atoms with Crippen LogP contribution in [0.4, 0.5) is 0 Å². The number of aliphatic hydroxyl groups is 1. The third-order valence-electron chi connectivity index (χ3n) is 3.29. The molecule has 1 aliphatic heterocycles. The molecule has 1 aromatic rings. The minimum Gasteiger partial charge on any atom is -0.491 e. The highest BCUT2D eigenvalue weighted by Crippen LogP contribution is 2.23. The number of amides is 1. The molecular formula is C14H16ClNO5. The monoisotopic (exact) mass is 313 g/mol. The Kier molecular flexibility index (Phi) is 5.03. The van der Waals surface area contributed by atoms with Crippen molar-refractivity contribution in [3.8, 4) is 5.75 Å². The number of carboxylic acids is 1. The van der Waals surface area contributed by atoms with Crippen molar-refractivity contribution in [3.63, 3.8) is 0 Å². The first-order valence-corrected chi connectivity index (χ1v) is 6.94. The maximum Gasteiger partial charge on any atom is 0.326 e. The average Bonchev–Trinajstić information content (AvgIpc) is 2.83. The molecule has 1 heterocycles. The van der Waals surface area contributed by atoms with Gasteiger partial charge in [0.15, 0.2) is 0 Å². The van der Waals surface area contributed by atoms with Gasteiger partial charge in [-0.25, -0.2) is 4.79 Å². The summed E-state index contributed by atoms with van der Waals surface area (Å²) in [5, 5.41) is 19.0. The summed E-state index contributed by atoms with van der Waals surface area (Å²) in [6, 6.07) is 5.93. The lowest BCUT2D eigenvalue weighted by atomic mass is 10.2. The van der Waals surface area contributed by atoms with Crippen molar-refractivity contribution < 1.29 is 24.5 Å². The molecule has 2 N–H and O–H groups in total. The van der Waals surface area contributed by atoms with Gasteiger partial charge in [-0.1, -0.05) is 23.7 Å². The Hall–Kier alpha value is -1.79. The first-order chi connectivity index (χ1) is 9.99. The normalized spacial score (nSPS) is 21.3. The average molecular weight is 314 g/mol. The number of carbonyl (C=O) groups is 2. The number of ether oxygens (including phenoxy) is 1. The number of rotatable bonds is 5. The van der Waals surface area contributed by atoms with Crippen LogP contribution in [-0.4, -0.2) is 52.3 Å². The van der Waals surface area contributed by atoms with Crippen molar-refractivity contribution in [1.29, 1.82) is 0 Å². The molecular weight excluding hydrogens is 298 g/mol. The van der Waals surface area contributed by atoms with Gasteiger partial charge in [0.05, 0.1) is 24.2 Å². The quantitative estimate of drug-likeness (QED) is 0.851. The van der Waals surface area contributed by atoms with E-state index in [1.165, 1.54) is 4.90 Å². The highest BCUT2D eigenvalue weighted by Gasteiger charge is 2.38. The van der Waals surface area contributed by atoms with Gasteiger partial charge >= 0.3 is 5.97 Å². The number of β-amino-alcohol motifs (C(OH)–C–C–N with tert-alkyl or cyclic N) is 1. The van der Waals surface area contributed by atoms with E-state index in [-0.39, 0.29) is 31.9 Å². The molecule has 1 aromatic carbocycles. The Morgan fingerprint density at radius 1 is 1.38 bits per heavy atom. The van der Waals surface area contributed by atoms with Crippen LogP contribution in [0.15, 0.2) is 24.3 Å². The van der Waals surface area contributed by atoms with Crippen LogP contribution in [0.5, 0.6) is 5.75 Å². The van der Waals surface area contributed by atoms with Gasteiger partial charge in [-0.05, 0) is 12.1 Å². The molecule has 6 nitrogen and oxygen atoms in total. The van der Waals surface area contributed by atoms with Crippen LogP contribution < -0.4 is 4.74 Å². The van der Waals surface area contributed by atoms with Gasteiger partial charge in [0.1, 0.15) is 11.8 Å². The predicted molar refractivity (Wildman–Crippen MR) is 75.3 cm³/mol. The molecule has 2 rings (SSSR count). The van der Waals surface area contributed by atoms with Crippen molar-refractivity contribution in [2.45, 2.75) is 25.0 Å². The van der Waals surface area contributed by atoms with Crippen LogP contribution in [0.2, 0.25) is 5.02 Å². The summed E-state index contributed by atoms with van der Waals surface area (Å²) >= 11 is 5.92. The SMILES string of the molecule is O=C(O)[C@@H]1C[C@H](O)CN1C(=O)CCOc1ccccc1Cl. The summed E-state index contributed by atoms with van der Waals surface area (Å²) in [5.74, 6) is -0.985. The van der Waals surface area contributed by atoms with Gasteiger partial charge in [-0.15, -0.1) is 0 Å². The van der Waals surface area contributed by atoms with Gasteiger partial charge in [-0.3, -0.25) is 4.79 Å². The third-order valence-corrected chi connectivity index (χ3v) is 3.61. The zero-order chi connectivity index (χ0) is 15.4. The second kappa shape index (κ2) is 6.78. The molecule has 0 radical (unpaired) electrons. The Bertz CT molecular complexity index is 536. The molecule has 1 amide bonds. The van der Waals surface area contributed by atoms with Crippen molar-refractivity contribution in [2.75, 3.05) is 13.2 Å². The standard InChI is InChI=1S/C14H16ClNO5/c15-10-3-1-2-4-12(10)21-6-5-13(18)16-8-9(17)7-11(16)14(19)20/h1-4,9,11,17H,5-8H2,(H,19,20)/t9-,11-/m0/s1. The summed E-state index contributed by atoms with van der Waals surface area (Å²) < 4.78 is 5.40. The molecule has 2 atom stereocenters. The Balaban J connectivity index is 1.87. The smallest absolute Gasteiger partial charge is 0.326 e. The Morgan fingerprint density at radius 3 is 2.76 bits per heavy atom. The topological polar surface area (TPSA) is 87.1 Å². The van der Waals surface area contributed by atoms with Crippen LogP contribution >= 0.6 is 11.6 Å². The zero-order valence-corrected chi connectivity index (χ0v) is 12.0. The van der Waals surface area contributed by atoms with Crippen LogP contribution in [0.1, 0.15) is 12.8 Å². The molecule has 0 spiro atoms. The van der Waals surface area contributed by atoms with E-state index < -0.39 is 18.1 Å².